The van der Waals surface area contributed by atoms with Gasteiger partial charge < -0.3 is 13.5 Å². The van der Waals surface area contributed by atoms with Crippen molar-refractivity contribution >= 4 is 131 Å². The van der Waals surface area contributed by atoms with Crippen LogP contribution in [-0.4, -0.2) is 22.9 Å². The molecule has 0 amide bonds. The van der Waals surface area contributed by atoms with E-state index in [2.05, 4.69) is 255 Å². The second-order valence-electron chi connectivity index (χ2n) is 20.2. The maximum absolute atomic E-state index is 5.65. The number of benzene rings is 11. The zero-order valence-electron chi connectivity index (χ0n) is 39.8. The summed E-state index contributed by atoms with van der Waals surface area (Å²) >= 11 is 0. The largest absolute Gasteiger partial charge is 0.309 e. The van der Waals surface area contributed by atoms with Crippen molar-refractivity contribution in [2.24, 2.45) is 0 Å². The number of hydrogen-bond acceptors (Lipinski definition) is 1. The summed E-state index contributed by atoms with van der Waals surface area (Å²) in [6.07, 6.45) is 2.16. The van der Waals surface area contributed by atoms with Gasteiger partial charge in [0.05, 0.1) is 55.8 Å². The number of pyridine rings is 1. The van der Waals surface area contributed by atoms with Crippen molar-refractivity contribution in [1.29, 1.82) is 0 Å². The van der Waals surface area contributed by atoms with Crippen LogP contribution in [0.2, 0.25) is 0 Å². The molecule has 5 heteroatoms. The summed E-state index contributed by atoms with van der Waals surface area (Å²) in [6, 6.07) is 85.1. The SMILES string of the molecule is c1ccc(-n2c3ccccc3c3cc(-c4cccc5c6cccc7c8c9c%10cc%11ccccc%11c%11c%12cccc(-c%13ccc%14c(c%13)c%13ccccc%13n%14-c%13ccccc%13)c%12n(c9ncc8n(c45)c67)c%10%11)ccc32)cc1. The Balaban J connectivity index is 0.933. The number of fused-ring (bicyclic) bond motifs is 21. The van der Waals surface area contributed by atoms with Crippen LogP contribution in [0.3, 0.4) is 0 Å². The Labute approximate surface area is 421 Å². The first-order chi connectivity index (χ1) is 36.8. The molecule has 0 saturated heterocycles. The van der Waals surface area contributed by atoms with Crippen molar-refractivity contribution in [1.82, 2.24) is 22.9 Å². The van der Waals surface area contributed by atoms with Gasteiger partial charge in [-0.1, -0.05) is 164 Å². The predicted molar refractivity (Wildman–Crippen MR) is 311 cm³/mol. The highest BCUT2D eigenvalue weighted by atomic mass is 15.0. The molecule has 0 aliphatic carbocycles. The van der Waals surface area contributed by atoms with E-state index in [1.807, 2.05) is 0 Å². The monoisotopic (exact) mass is 937 g/mol. The minimum atomic E-state index is 0.982. The second kappa shape index (κ2) is 13.9. The Morgan fingerprint density at radius 3 is 1.39 bits per heavy atom. The van der Waals surface area contributed by atoms with E-state index >= 15 is 0 Å². The number of para-hydroxylation sites is 7. The maximum Gasteiger partial charge on any atom is 0.146 e. The number of aromatic nitrogens is 5. The van der Waals surface area contributed by atoms with Crippen molar-refractivity contribution in [3.8, 4) is 33.6 Å². The molecule has 18 aromatic rings. The molecule has 7 aromatic heterocycles. The van der Waals surface area contributed by atoms with Gasteiger partial charge >= 0.3 is 0 Å². The molecule has 0 fully saturated rings. The quantitative estimate of drug-likeness (QED) is 0.173. The summed E-state index contributed by atoms with van der Waals surface area (Å²) in [6.45, 7) is 0. The molecule has 0 aliphatic heterocycles. The van der Waals surface area contributed by atoms with Gasteiger partial charge in [0.15, 0.2) is 0 Å². The number of rotatable bonds is 4. The smallest absolute Gasteiger partial charge is 0.146 e. The molecule has 11 aromatic carbocycles. The Bertz CT molecular complexity index is 5420. The lowest BCUT2D eigenvalue weighted by Gasteiger charge is -2.10. The van der Waals surface area contributed by atoms with Gasteiger partial charge in [0.1, 0.15) is 5.65 Å². The van der Waals surface area contributed by atoms with Crippen LogP contribution in [0.25, 0.3) is 164 Å². The third kappa shape index (κ3) is 4.77. The molecule has 0 saturated carbocycles. The highest BCUT2D eigenvalue weighted by Gasteiger charge is 2.28. The third-order valence-electron chi connectivity index (χ3n) is 16.6. The van der Waals surface area contributed by atoms with Gasteiger partial charge in [0.2, 0.25) is 0 Å². The fourth-order valence-corrected chi connectivity index (χ4v) is 13.7. The van der Waals surface area contributed by atoms with Gasteiger partial charge in [-0.25, -0.2) is 4.98 Å². The van der Waals surface area contributed by atoms with Gasteiger partial charge in [0, 0.05) is 87.1 Å². The molecule has 0 atom stereocenters. The lowest BCUT2D eigenvalue weighted by Crippen LogP contribution is -1.93. The van der Waals surface area contributed by atoms with Crippen LogP contribution in [0.5, 0.6) is 0 Å². The van der Waals surface area contributed by atoms with Crippen LogP contribution >= 0.6 is 0 Å². The van der Waals surface area contributed by atoms with E-state index in [1.165, 1.54) is 142 Å². The van der Waals surface area contributed by atoms with Crippen LogP contribution in [0.1, 0.15) is 0 Å². The normalized spacial score (nSPS) is 12.6. The summed E-state index contributed by atoms with van der Waals surface area (Å²) < 4.78 is 9.83. The minimum absolute atomic E-state index is 0.982. The molecule has 5 nitrogen and oxygen atoms in total. The van der Waals surface area contributed by atoms with Gasteiger partial charge in [-0.3, -0.25) is 4.40 Å². The summed E-state index contributed by atoms with van der Waals surface area (Å²) in [5.41, 5.74) is 18.8. The van der Waals surface area contributed by atoms with Crippen LogP contribution < -0.4 is 0 Å². The minimum Gasteiger partial charge on any atom is -0.309 e. The van der Waals surface area contributed by atoms with E-state index in [-0.39, 0.29) is 0 Å². The van der Waals surface area contributed by atoms with Gasteiger partial charge in [-0.2, -0.15) is 0 Å². The fourth-order valence-electron chi connectivity index (χ4n) is 13.7. The first kappa shape index (κ1) is 38.7. The van der Waals surface area contributed by atoms with Crippen molar-refractivity contribution in [3.63, 3.8) is 0 Å². The molecule has 0 radical (unpaired) electrons. The van der Waals surface area contributed by atoms with Crippen LogP contribution in [0.4, 0.5) is 0 Å². The first-order valence-electron chi connectivity index (χ1n) is 25.5. The molecule has 18 rings (SSSR count). The fraction of sp³-hybridized carbons (Fsp3) is 0. The van der Waals surface area contributed by atoms with Crippen LogP contribution in [0.15, 0.2) is 237 Å². The number of hydrogen-bond donors (Lipinski definition) is 0. The lowest BCUT2D eigenvalue weighted by atomic mass is 9.96. The average Bonchev–Trinajstić information content (AvgIpc) is 4.42. The molecule has 0 N–H and O–H groups in total. The second-order valence-corrected chi connectivity index (χ2v) is 20.2. The van der Waals surface area contributed by atoms with E-state index in [9.17, 15) is 0 Å². The van der Waals surface area contributed by atoms with Gasteiger partial charge in [0.25, 0.3) is 0 Å². The van der Waals surface area contributed by atoms with E-state index in [0.717, 1.165) is 22.5 Å². The topological polar surface area (TPSA) is 31.6 Å². The maximum atomic E-state index is 5.65. The summed E-state index contributed by atoms with van der Waals surface area (Å²) in [4.78, 5) is 5.65. The first-order valence-corrected chi connectivity index (χ1v) is 25.5. The summed E-state index contributed by atoms with van der Waals surface area (Å²) in [5.74, 6) is 0. The predicted octanol–water partition coefficient (Wildman–Crippen LogP) is 18.1. The van der Waals surface area contributed by atoms with Gasteiger partial charge in [-0.05, 0) is 88.6 Å². The van der Waals surface area contributed by atoms with E-state index in [0.29, 0.717) is 0 Å². The molecule has 0 bridgehead atoms. The lowest BCUT2D eigenvalue weighted by molar-refractivity contribution is 1.18. The van der Waals surface area contributed by atoms with E-state index < -0.39 is 0 Å². The molecule has 0 aliphatic rings. The molecule has 340 valence electrons. The Morgan fingerprint density at radius 2 is 0.757 bits per heavy atom. The molecular formula is C69H39N5. The molecule has 0 spiro atoms. The van der Waals surface area contributed by atoms with E-state index in [4.69, 9.17) is 4.98 Å². The van der Waals surface area contributed by atoms with Crippen LogP contribution in [-0.2, 0) is 0 Å². The molecular weight excluding hydrogens is 899 g/mol. The number of nitrogens with zero attached hydrogens (tertiary/aromatic N) is 5. The van der Waals surface area contributed by atoms with Gasteiger partial charge in [-0.15, -0.1) is 0 Å². The Kier molecular flexibility index (Phi) is 7.28. The molecule has 74 heavy (non-hydrogen) atoms. The Hall–Kier alpha value is -9.97. The standard InChI is InChI=1S/C69H39N5/c1-3-17-43(18-4-1)71-57-30-11-9-22-48(57)54-36-41(32-34-59(54)71)46-24-13-26-50-51-27-15-29-53-63-61(73(65(46)50)67(51)53)39-70-69-64(63)56-38-40-16-7-8-21-45(40)62-52-28-14-25-47(66(52)74(69)68(56)62)42-33-35-60-55(37-42)49-23-10-12-31-58(49)72(60)44-19-5-2-6-20-44/h1-39H. The Morgan fingerprint density at radius 1 is 0.270 bits per heavy atom. The molecule has 7 heterocycles. The summed E-state index contributed by atoms with van der Waals surface area (Å²) in [7, 11) is 0. The highest BCUT2D eigenvalue weighted by molar-refractivity contribution is 6.38. The third-order valence-corrected chi connectivity index (χ3v) is 16.6. The zero-order chi connectivity index (χ0) is 47.9. The van der Waals surface area contributed by atoms with Crippen molar-refractivity contribution in [2.45, 2.75) is 0 Å². The van der Waals surface area contributed by atoms with E-state index in [1.54, 1.807) is 0 Å². The van der Waals surface area contributed by atoms with Crippen molar-refractivity contribution in [2.75, 3.05) is 0 Å². The molecule has 0 unspecified atom stereocenters. The van der Waals surface area contributed by atoms with Crippen molar-refractivity contribution in [3.05, 3.63) is 237 Å². The highest BCUT2D eigenvalue weighted by Crippen LogP contribution is 2.50. The average molecular weight is 938 g/mol. The zero-order valence-corrected chi connectivity index (χ0v) is 39.8. The summed E-state index contributed by atoms with van der Waals surface area (Å²) in [5, 5.41) is 17.4. The van der Waals surface area contributed by atoms with Crippen molar-refractivity contribution < 1.29 is 0 Å². The van der Waals surface area contributed by atoms with Crippen LogP contribution in [0, 0.1) is 0 Å².